The highest BCUT2D eigenvalue weighted by Crippen LogP contribution is 2.24. The van der Waals surface area contributed by atoms with E-state index in [4.69, 9.17) is 4.74 Å². The summed E-state index contributed by atoms with van der Waals surface area (Å²) < 4.78 is 19.3. The molecule has 0 spiro atoms. The Kier molecular flexibility index (Phi) is 3.98. The van der Waals surface area contributed by atoms with Gasteiger partial charge in [0.1, 0.15) is 18.2 Å². The molecule has 94 valence electrons. The molecule has 0 atom stereocenters. The lowest BCUT2D eigenvalue weighted by Crippen LogP contribution is -2.00. The summed E-state index contributed by atoms with van der Waals surface area (Å²) in [5.74, 6) is 0.430. The van der Waals surface area contributed by atoms with E-state index < -0.39 is 0 Å². The minimum atomic E-state index is -0.213. The molecule has 0 amide bonds. The first-order valence-corrected chi connectivity index (χ1v) is 6.16. The SMILES string of the molecule is CCc1cc(C)c(F)cc1OCc1ccccc1. The van der Waals surface area contributed by atoms with Crippen LogP contribution in [0.2, 0.25) is 0 Å². The van der Waals surface area contributed by atoms with Crippen LogP contribution >= 0.6 is 0 Å². The molecule has 0 saturated heterocycles. The Hall–Kier alpha value is -1.83. The largest absolute Gasteiger partial charge is 0.489 e. The second-order valence-electron chi connectivity index (χ2n) is 4.34. The van der Waals surface area contributed by atoms with Gasteiger partial charge in [0.05, 0.1) is 0 Å². The van der Waals surface area contributed by atoms with Crippen molar-refractivity contribution in [2.75, 3.05) is 0 Å². The summed E-state index contributed by atoms with van der Waals surface area (Å²) in [5, 5.41) is 0. The van der Waals surface area contributed by atoms with E-state index in [1.54, 1.807) is 6.92 Å². The van der Waals surface area contributed by atoms with Crippen molar-refractivity contribution >= 4 is 0 Å². The maximum atomic E-state index is 13.5. The second-order valence-corrected chi connectivity index (χ2v) is 4.34. The number of hydrogen-bond donors (Lipinski definition) is 0. The molecule has 0 saturated carbocycles. The van der Waals surface area contributed by atoms with Crippen molar-refractivity contribution < 1.29 is 9.13 Å². The van der Waals surface area contributed by atoms with Crippen LogP contribution in [0, 0.1) is 12.7 Å². The van der Waals surface area contributed by atoms with E-state index in [0.717, 1.165) is 17.5 Å². The van der Waals surface area contributed by atoms with Gasteiger partial charge in [-0.05, 0) is 36.1 Å². The van der Waals surface area contributed by atoms with Gasteiger partial charge < -0.3 is 4.74 Å². The van der Waals surface area contributed by atoms with Gasteiger partial charge >= 0.3 is 0 Å². The number of hydrogen-bond acceptors (Lipinski definition) is 1. The first kappa shape index (κ1) is 12.6. The molecular formula is C16H17FO. The molecule has 2 aromatic carbocycles. The van der Waals surface area contributed by atoms with Crippen molar-refractivity contribution in [3.05, 3.63) is 65.0 Å². The fourth-order valence-corrected chi connectivity index (χ4v) is 1.87. The molecule has 0 unspecified atom stereocenters. The van der Waals surface area contributed by atoms with Gasteiger partial charge in [0, 0.05) is 6.07 Å². The topological polar surface area (TPSA) is 9.23 Å². The molecule has 0 heterocycles. The highest BCUT2D eigenvalue weighted by molar-refractivity contribution is 5.38. The Bertz CT molecular complexity index is 520. The molecule has 0 bridgehead atoms. The van der Waals surface area contributed by atoms with Crippen LogP contribution in [0.4, 0.5) is 4.39 Å². The van der Waals surface area contributed by atoms with Crippen LogP contribution < -0.4 is 4.74 Å². The van der Waals surface area contributed by atoms with Gasteiger partial charge in [-0.25, -0.2) is 4.39 Å². The van der Waals surface area contributed by atoms with E-state index >= 15 is 0 Å². The average Bonchev–Trinajstić information content (AvgIpc) is 2.41. The van der Waals surface area contributed by atoms with E-state index in [1.807, 2.05) is 43.3 Å². The zero-order valence-electron chi connectivity index (χ0n) is 10.7. The van der Waals surface area contributed by atoms with Crippen molar-refractivity contribution in [2.24, 2.45) is 0 Å². The van der Waals surface area contributed by atoms with Gasteiger partial charge in [-0.3, -0.25) is 0 Å². The quantitative estimate of drug-likeness (QED) is 0.780. The minimum absolute atomic E-state index is 0.213. The highest BCUT2D eigenvalue weighted by Gasteiger charge is 2.07. The number of ether oxygens (including phenoxy) is 1. The van der Waals surface area contributed by atoms with Crippen LogP contribution in [-0.4, -0.2) is 0 Å². The van der Waals surface area contributed by atoms with E-state index in [0.29, 0.717) is 17.9 Å². The second kappa shape index (κ2) is 5.67. The molecule has 2 rings (SSSR count). The summed E-state index contributed by atoms with van der Waals surface area (Å²) in [6.45, 7) is 4.29. The summed E-state index contributed by atoms with van der Waals surface area (Å²) in [4.78, 5) is 0. The Balaban J connectivity index is 2.16. The summed E-state index contributed by atoms with van der Waals surface area (Å²) in [7, 11) is 0. The van der Waals surface area contributed by atoms with Crippen molar-refractivity contribution in [2.45, 2.75) is 26.9 Å². The molecule has 0 aliphatic heterocycles. The van der Waals surface area contributed by atoms with E-state index in [-0.39, 0.29) is 5.82 Å². The van der Waals surface area contributed by atoms with Crippen molar-refractivity contribution in [1.29, 1.82) is 0 Å². The molecule has 0 N–H and O–H groups in total. The molecule has 0 aliphatic carbocycles. The van der Waals surface area contributed by atoms with Crippen LogP contribution in [-0.2, 0) is 13.0 Å². The van der Waals surface area contributed by atoms with Gasteiger partial charge in [0.2, 0.25) is 0 Å². The number of rotatable bonds is 4. The molecule has 0 radical (unpaired) electrons. The fourth-order valence-electron chi connectivity index (χ4n) is 1.87. The zero-order valence-corrected chi connectivity index (χ0v) is 10.7. The minimum Gasteiger partial charge on any atom is -0.489 e. The summed E-state index contributed by atoms with van der Waals surface area (Å²) in [6, 6.07) is 13.2. The maximum absolute atomic E-state index is 13.5. The smallest absolute Gasteiger partial charge is 0.129 e. The van der Waals surface area contributed by atoms with Gasteiger partial charge in [0.15, 0.2) is 0 Å². The van der Waals surface area contributed by atoms with Crippen LogP contribution in [0.25, 0.3) is 0 Å². The number of aryl methyl sites for hydroxylation is 2. The van der Waals surface area contributed by atoms with Gasteiger partial charge in [-0.15, -0.1) is 0 Å². The monoisotopic (exact) mass is 244 g/mol. The van der Waals surface area contributed by atoms with E-state index in [9.17, 15) is 4.39 Å². The van der Waals surface area contributed by atoms with Gasteiger partial charge in [0.25, 0.3) is 0 Å². The molecule has 0 aromatic heterocycles. The predicted octanol–water partition coefficient (Wildman–Crippen LogP) is 4.28. The van der Waals surface area contributed by atoms with Crippen molar-refractivity contribution in [3.63, 3.8) is 0 Å². The normalized spacial score (nSPS) is 10.4. The Morgan fingerprint density at radius 3 is 2.50 bits per heavy atom. The number of halogens is 1. The van der Waals surface area contributed by atoms with Gasteiger partial charge in [-0.2, -0.15) is 0 Å². The van der Waals surface area contributed by atoms with Gasteiger partial charge in [-0.1, -0.05) is 37.3 Å². The standard InChI is InChI=1S/C16H17FO/c1-3-14-9-12(2)15(17)10-16(14)18-11-13-7-5-4-6-8-13/h4-10H,3,11H2,1-2H3. The molecular weight excluding hydrogens is 227 g/mol. The summed E-state index contributed by atoms with van der Waals surface area (Å²) >= 11 is 0. The van der Waals surface area contributed by atoms with Crippen LogP contribution in [0.15, 0.2) is 42.5 Å². The third-order valence-electron chi connectivity index (χ3n) is 2.96. The molecule has 2 heteroatoms. The molecule has 0 aliphatic rings. The van der Waals surface area contributed by atoms with E-state index in [1.165, 1.54) is 6.07 Å². The fraction of sp³-hybridized carbons (Fsp3) is 0.250. The Labute approximate surface area is 107 Å². The molecule has 2 aromatic rings. The molecule has 0 fully saturated rings. The molecule has 1 nitrogen and oxygen atoms in total. The first-order chi connectivity index (χ1) is 8.70. The Morgan fingerprint density at radius 1 is 1.11 bits per heavy atom. The maximum Gasteiger partial charge on any atom is 0.129 e. The molecule has 18 heavy (non-hydrogen) atoms. The van der Waals surface area contributed by atoms with Crippen molar-refractivity contribution in [3.8, 4) is 5.75 Å². The van der Waals surface area contributed by atoms with Crippen LogP contribution in [0.5, 0.6) is 5.75 Å². The lowest BCUT2D eigenvalue weighted by atomic mass is 10.1. The lowest BCUT2D eigenvalue weighted by molar-refractivity contribution is 0.301. The summed E-state index contributed by atoms with van der Waals surface area (Å²) in [6.07, 6.45) is 0.839. The van der Waals surface area contributed by atoms with Crippen LogP contribution in [0.1, 0.15) is 23.6 Å². The lowest BCUT2D eigenvalue weighted by Gasteiger charge is -2.12. The van der Waals surface area contributed by atoms with Crippen LogP contribution in [0.3, 0.4) is 0 Å². The number of benzene rings is 2. The Morgan fingerprint density at radius 2 is 1.83 bits per heavy atom. The van der Waals surface area contributed by atoms with Crippen molar-refractivity contribution in [1.82, 2.24) is 0 Å². The third kappa shape index (κ3) is 2.89. The average molecular weight is 244 g/mol. The predicted molar refractivity (Wildman–Crippen MR) is 71.3 cm³/mol. The zero-order chi connectivity index (χ0) is 13.0. The highest BCUT2D eigenvalue weighted by atomic mass is 19.1. The van der Waals surface area contributed by atoms with E-state index in [2.05, 4.69) is 0 Å². The third-order valence-corrected chi connectivity index (χ3v) is 2.96. The summed E-state index contributed by atoms with van der Waals surface area (Å²) in [5.41, 5.74) is 2.80. The first-order valence-electron chi connectivity index (χ1n) is 6.16.